The van der Waals surface area contributed by atoms with Gasteiger partial charge in [0.1, 0.15) is 5.01 Å². The highest BCUT2D eigenvalue weighted by Crippen LogP contribution is 2.25. The van der Waals surface area contributed by atoms with Crippen molar-refractivity contribution in [2.75, 3.05) is 5.32 Å². The van der Waals surface area contributed by atoms with Crippen LogP contribution in [0.3, 0.4) is 0 Å². The quantitative estimate of drug-likeness (QED) is 0.670. The van der Waals surface area contributed by atoms with Gasteiger partial charge in [0.15, 0.2) is 0 Å². The van der Waals surface area contributed by atoms with Gasteiger partial charge in [-0.15, -0.1) is 21.5 Å². The topological polar surface area (TPSA) is 50.7 Å². The van der Waals surface area contributed by atoms with E-state index in [1.807, 2.05) is 24.3 Å². The molecular formula is C16H17ClN4S2. The van der Waals surface area contributed by atoms with E-state index in [9.17, 15) is 0 Å². The van der Waals surface area contributed by atoms with Gasteiger partial charge < -0.3 is 5.32 Å². The van der Waals surface area contributed by atoms with Crippen LogP contribution in [0.15, 0.2) is 29.6 Å². The minimum Gasteiger partial charge on any atom is -0.352 e. The van der Waals surface area contributed by atoms with Crippen molar-refractivity contribution in [1.82, 2.24) is 15.2 Å². The van der Waals surface area contributed by atoms with E-state index in [1.165, 1.54) is 5.56 Å². The van der Waals surface area contributed by atoms with Crippen LogP contribution in [0.25, 0.3) is 0 Å². The number of halogens is 1. The molecule has 0 saturated carbocycles. The lowest BCUT2D eigenvalue weighted by molar-refractivity contribution is 0.831. The van der Waals surface area contributed by atoms with E-state index in [0.29, 0.717) is 0 Å². The lowest BCUT2D eigenvalue weighted by Crippen LogP contribution is -2.06. The second-order valence-electron chi connectivity index (χ2n) is 5.19. The van der Waals surface area contributed by atoms with Crippen molar-refractivity contribution < 1.29 is 0 Å². The van der Waals surface area contributed by atoms with Crippen molar-refractivity contribution in [2.45, 2.75) is 32.7 Å². The van der Waals surface area contributed by atoms with Gasteiger partial charge in [0.25, 0.3) is 0 Å². The molecule has 23 heavy (non-hydrogen) atoms. The summed E-state index contributed by atoms with van der Waals surface area (Å²) in [4.78, 5) is 4.61. The number of nitrogens with one attached hydrogen (secondary N) is 1. The van der Waals surface area contributed by atoms with Crippen molar-refractivity contribution >= 4 is 39.4 Å². The van der Waals surface area contributed by atoms with Gasteiger partial charge in [-0.2, -0.15) is 0 Å². The van der Waals surface area contributed by atoms with Crippen molar-refractivity contribution in [3.8, 4) is 0 Å². The lowest BCUT2D eigenvalue weighted by atomic mass is 10.2. The maximum absolute atomic E-state index is 5.91. The zero-order valence-electron chi connectivity index (χ0n) is 12.9. The van der Waals surface area contributed by atoms with Gasteiger partial charge in [-0.25, -0.2) is 4.98 Å². The molecule has 3 rings (SSSR count). The molecule has 0 spiro atoms. The predicted octanol–water partition coefficient (Wildman–Crippen LogP) is 4.97. The molecule has 0 amide bonds. The van der Waals surface area contributed by atoms with Crippen LogP contribution in [-0.2, 0) is 12.8 Å². The first kappa shape index (κ1) is 16.4. The van der Waals surface area contributed by atoms with Crippen LogP contribution >= 0.6 is 34.3 Å². The first-order chi connectivity index (χ1) is 11.1. The highest BCUT2D eigenvalue weighted by molar-refractivity contribution is 7.15. The molecule has 0 saturated heterocycles. The fraction of sp³-hybridized carbons (Fsp3) is 0.312. The van der Waals surface area contributed by atoms with Crippen molar-refractivity contribution in [3.05, 3.63) is 55.9 Å². The number of benzene rings is 1. The fourth-order valence-electron chi connectivity index (χ4n) is 2.11. The molecule has 4 nitrogen and oxygen atoms in total. The van der Waals surface area contributed by atoms with Gasteiger partial charge in [-0.3, -0.25) is 0 Å². The normalized spacial score (nSPS) is 12.3. The molecule has 1 N–H and O–H groups in total. The molecule has 0 bridgehead atoms. The second-order valence-corrected chi connectivity index (χ2v) is 7.63. The van der Waals surface area contributed by atoms with Gasteiger partial charge in [0.05, 0.1) is 16.7 Å². The van der Waals surface area contributed by atoms with E-state index in [4.69, 9.17) is 11.6 Å². The lowest BCUT2D eigenvalue weighted by Gasteiger charge is -2.08. The van der Waals surface area contributed by atoms with Gasteiger partial charge in [0.2, 0.25) is 5.13 Å². The third-order valence-corrected chi connectivity index (χ3v) is 5.51. The summed E-state index contributed by atoms with van der Waals surface area (Å²) in [6, 6.07) is 7.95. The largest absolute Gasteiger partial charge is 0.352 e. The van der Waals surface area contributed by atoms with E-state index in [2.05, 4.69) is 39.7 Å². The Morgan fingerprint density at radius 2 is 1.96 bits per heavy atom. The van der Waals surface area contributed by atoms with Crippen LogP contribution in [0.4, 0.5) is 5.13 Å². The number of hydrogen-bond donors (Lipinski definition) is 1. The van der Waals surface area contributed by atoms with Crippen LogP contribution < -0.4 is 5.32 Å². The summed E-state index contributed by atoms with van der Waals surface area (Å²) in [5.74, 6) is 0. The van der Waals surface area contributed by atoms with Crippen molar-refractivity contribution in [3.63, 3.8) is 0 Å². The predicted molar refractivity (Wildman–Crippen MR) is 97.7 cm³/mol. The number of rotatable bonds is 6. The van der Waals surface area contributed by atoms with Gasteiger partial charge >= 0.3 is 0 Å². The molecule has 3 aromatic rings. The second kappa shape index (κ2) is 7.38. The third kappa shape index (κ3) is 4.28. The molecule has 1 atom stereocenters. The first-order valence-corrected chi connectivity index (χ1v) is 9.49. The minimum atomic E-state index is 0.128. The maximum atomic E-state index is 5.91. The van der Waals surface area contributed by atoms with Crippen LogP contribution in [-0.4, -0.2) is 15.2 Å². The van der Waals surface area contributed by atoms with E-state index >= 15 is 0 Å². The monoisotopic (exact) mass is 364 g/mol. The number of hydrogen-bond acceptors (Lipinski definition) is 6. The molecule has 1 unspecified atom stereocenters. The van der Waals surface area contributed by atoms with E-state index in [1.54, 1.807) is 22.7 Å². The van der Waals surface area contributed by atoms with Crippen molar-refractivity contribution in [2.24, 2.45) is 0 Å². The van der Waals surface area contributed by atoms with Crippen LogP contribution in [0, 0.1) is 0 Å². The zero-order chi connectivity index (χ0) is 16.2. The van der Waals surface area contributed by atoms with Gasteiger partial charge in [-0.05, 0) is 31.0 Å². The number of nitrogens with zero attached hydrogens (tertiary/aromatic N) is 3. The molecule has 0 aliphatic rings. The molecule has 0 aliphatic heterocycles. The summed E-state index contributed by atoms with van der Waals surface area (Å²) in [6.45, 7) is 4.21. The molecule has 0 fully saturated rings. The fourth-order valence-corrected chi connectivity index (χ4v) is 3.93. The van der Waals surface area contributed by atoms with Crippen LogP contribution in [0.1, 0.15) is 41.2 Å². The van der Waals surface area contributed by atoms with E-state index in [0.717, 1.165) is 38.7 Å². The van der Waals surface area contributed by atoms with Gasteiger partial charge in [0, 0.05) is 16.8 Å². The average molecular weight is 365 g/mol. The molecule has 0 aliphatic carbocycles. The highest BCUT2D eigenvalue weighted by Gasteiger charge is 2.12. The number of anilines is 1. The molecule has 0 radical (unpaired) electrons. The summed E-state index contributed by atoms with van der Waals surface area (Å²) < 4.78 is 0. The molecule has 2 heterocycles. The number of aryl methyl sites for hydroxylation is 1. The Kier molecular flexibility index (Phi) is 5.25. The van der Waals surface area contributed by atoms with Crippen LogP contribution in [0.2, 0.25) is 5.02 Å². The number of thiazole rings is 1. The summed E-state index contributed by atoms with van der Waals surface area (Å²) in [5, 5.41) is 17.7. The standard InChI is InChI=1S/C16H17ClN4S2/c1-3-14-19-13(9-22-14)10(2)18-16-21-20-15(23-16)8-11-4-6-12(17)7-5-11/h4-7,9-10H,3,8H2,1-2H3,(H,18,21). The SMILES string of the molecule is CCc1nc(C(C)Nc2nnc(Cc3ccc(Cl)cc3)s2)cs1. The molecular weight excluding hydrogens is 348 g/mol. The Morgan fingerprint density at radius 1 is 1.17 bits per heavy atom. The Morgan fingerprint density at radius 3 is 2.65 bits per heavy atom. The minimum absolute atomic E-state index is 0.128. The van der Waals surface area contributed by atoms with E-state index in [-0.39, 0.29) is 6.04 Å². The summed E-state index contributed by atoms with van der Waals surface area (Å²) in [6.07, 6.45) is 1.74. The highest BCUT2D eigenvalue weighted by atomic mass is 35.5. The molecule has 120 valence electrons. The average Bonchev–Trinajstić information content (AvgIpc) is 3.19. The maximum Gasteiger partial charge on any atom is 0.206 e. The van der Waals surface area contributed by atoms with Crippen LogP contribution in [0.5, 0.6) is 0 Å². The first-order valence-electron chi connectivity index (χ1n) is 7.41. The molecule has 7 heteroatoms. The molecule has 2 aromatic heterocycles. The summed E-state index contributed by atoms with van der Waals surface area (Å²) >= 11 is 9.18. The Hall–Kier alpha value is -1.50. The van der Waals surface area contributed by atoms with Crippen molar-refractivity contribution in [1.29, 1.82) is 0 Å². The zero-order valence-corrected chi connectivity index (χ0v) is 15.3. The number of aromatic nitrogens is 3. The summed E-state index contributed by atoms with van der Waals surface area (Å²) in [7, 11) is 0. The smallest absolute Gasteiger partial charge is 0.206 e. The molecule has 1 aromatic carbocycles. The third-order valence-electron chi connectivity index (χ3n) is 3.39. The Bertz CT molecular complexity index is 766. The Labute approximate surface area is 148 Å². The Balaban J connectivity index is 1.63. The van der Waals surface area contributed by atoms with Gasteiger partial charge in [-0.1, -0.05) is 42.0 Å². The summed E-state index contributed by atoms with van der Waals surface area (Å²) in [5.41, 5.74) is 2.23. The van der Waals surface area contributed by atoms with E-state index < -0.39 is 0 Å².